The Labute approximate surface area is 130 Å². The number of hydrogen-bond acceptors (Lipinski definition) is 4. The zero-order valence-corrected chi connectivity index (χ0v) is 13.3. The number of benzene rings is 1. The molecule has 0 radical (unpaired) electrons. The lowest BCUT2D eigenvalue weighted by Gasteiger charge is -2.17. The van der Waals surface area contributed by atoms with Gasteiger partial charge in [0.15, 0.2) is 5.69 Å². The van der Waals surface area contributed by atoms with Crippen molar-refractivity contribution in [2.24, 2.45) is 11.7 Å². The molecule has 1 unspecified atom stereocenters. The molecule has 0 saturated carbocycles. The number of nitrogens with one attached hydrogen (secondary N) is 1. The molecule has 118 valence electrons. The van der Waals surface area contributed by atoms with Gasteiger partial charge in [-0.05, 0) is 37.0 Å². The smallest absolute Gasteiger partial charge is 0.273 e. The third kappa shape index (κ3) is 4.14. The largest absolute Gasteiger partial charge is 0.347 e. The van der Waals surface area contributed by atoms with E-state index in [2.05, 4.69) is 29.5 Å². The summed E-state index contributed by atoms with van der Waals surface area (Å²) in [4.78, 5) is 12.2. The van der Waals surface area contributed by atoms with Crippen molar-refractivity contribution in [1.29, 1.82) is 0 Å². The van der Waals surface area contributed by atoms with Gasteiger partial charge in [-0.25, -0.2) is 4.68 Å². The number of amides is 1. The van der Waals surface area contributed by atoms with Crippen LogP contribution in [0.15, 0.2) is 30.5 Å². The number of carbonyl (C=O) groups is 1. The van der Waals surface area contributed by atoms with Crippen LogP contribution < -0.4 is 11.1 Å². The fraction of sp³-hybridized carbons (Fsp3) is 0.438. The van der Waals surface area contributed by atoms with Crippen LogP contribution >= 0.6 is 0 Å². The number of rotatable bonds is 6. The van der Waals surface area contributed by atoms with Crippen LogP contribution in [-0.2, 0) is 0 Å². The molecule has 1 aromatic heterocycles. The Bertz CT molecular complexity index is 635. The van der Waals surface area contributed by atoms with E-state index in [1.54, 1.807) is 10.9 Å². The maximum atomic E-state index is 12.2. The summed E-state index contributed by atoms with van der Waals surface area (Å²) in [6.45, 7) is 6.62. The molecule has 0 bridgehead atoms. The van der Waals surface area contributed by atoms with Crippen LogP contribution in [0.25, 0.3) is 5.69 Å². The molecule has 6 nitrogen and oxygen atoms in total. The van der Waals surface area contributed by atoms with Gasteiger partial charge in [0.05, 0.1) is 11.9 Å². The maximum Gasteiger partial charge on any atom is 0.273 e. The number of aromatic nitrogens is 3. The van der Waals surface area contributed by atoms with E-state index in [9.17, 15) is 4.79 Å². The first-order chi connectivity index (χ1) is 10.5. The molecule has 22 heavy (non-hydrogen) atoms. The number of aryl methyl sites for hydroxylation is 1. The van der Waals surface area contributed by atoms with Crippen molar-refractivity contribution in [3.05, 3.63) is 41.7 Å². The van der Waals surface area contributed by atoms with Crippen molar-refractivity contribution >= 4 is 5.91 Å². The summed E-state index contributed by atoms with van der Waals surface area (Å²) in [5.74, 6) is 0.229. The van der Waals surface area contributed by atoms with Gasteiger partial charge in [0.25, 0.3) is 5.91 Å². The number of carbonyl (C=O) groups excluding carboxylic acids is 1. The van der Waals surface area contributed by atoms with E-state index >= 15 is 0 Å². The lowest BCUT2D eigenvalue weighted by Crippen LogP contribution is -2.41. The van der Waals surface area contributed by atoms with Gasteiger partial charge in [0.1, 0.15) is 0 Å². The molecule has 3 N–H and O–H groups in total. The van der Waals surface area contributed by atoms with E-state index in [1.807, 2.05) is 31.2 Å². The van der Waals surface area contributed by atoms with Gasteiger partial charge in [-0.1, -0.05) is 31.2 Å². The van der Waals surface area contributed by atoms with Gasteiger partial charge in [-0.15, -0.1) is 5.10 Å². The summed E-state index contributed by atoms with van der Waals surface area (Å²) in [7, 11) is 0. The first kappa shape index (κ1) is 16.2. The molecule has 0 aliphatic heterocycles. The van der Waals surface area contributed by atoms with Crippen LogP contribution in [-0.4, -0.2) is 33.5 Å². The van der Waals surface area contributed by atoms with E-state index in [0.717, 1.165) is 17.7 Å². The predicted molar refractivity (Wildman–Crippen MR) is 85.9 cm³/mol. The minimum Gasteiger partial charge on any atom is -0.347 e. The standard InChI is InChI=1S/C16H23N5O/c1-11(2)7-13(9-17)18-16(22)15-10-21(20-19-15)14-6-4-5-12(3)8-14/h4-6,8,10-11,13H,7,9,17H2,1-3H3,(H,18,22). The molecule has 1 heterocycles. The summed E-state index contributed by atoms with van der Waals surface area (Å²) in [5, 5.41) is 10.9. The molecule has 6 heteroatoms. The Kier molecular flexibility index (Phi) is 5.27. The molecule has 0 aliphatic carbocycles. The van der Waals surface area contributed by atoms with Crippen molar-refractivity contribution in [1.82, 2.24) is 20.3 Å². The molecule has 0 fully saturated rings. The lowest BCUT2D eigenvalue weighted by molar-refractivity contribution is 0.0928. The van der Waals surface area contributed by atoms with Gasteiger partial charge in [0.2, 0.25) is 0 Å². The van der Waals surface area contributed by atoms with Crippen molar-refractivity contribution in [3.8, 4) is 5.69 Å². The highest BCUT2D eigenvalue weighted by atomic mass is 16.2. The first-order valence-corrected chi connectivity index (χ1v) is 7.50. The Hall–Kier alpha value is -2.21. The third-order valence-electron chi connectivity index (χ3n) is 3.37. The van der Waals surface area contributed by atoms with Crippen molar-refractivity contribution in [3.63, 3.8) is 0 Å². The van der Waals surface area contributed by atoms with Gasteiger partial charge in [0, 0.05) is 12.6 Å². The van der Waals surface area contributed by atoms with Crippen LogP contribution in [0, 0.1) is 12.8 Å². The van der Waals surface area contributed by atoms with Crippen molar-refractivity contribution in [2.45, 2.75) is 33.2 Å². The van der Waals surface area contributed by atoms with E-state index < -0.39 is 0 Å². The molecule has 0 saturated heterocycles. The molecule has 1 aromatic carbocycles. The summed E-state index contributed by atoms with van der Waals surface area (Å²) in [6, 6.07) is 7.81. The Morgan fingerprint density at radius 1 is 1.41 bits per heavy atom. The lowest BCUT2D eigenvalue weighted by atomic mass is 10.0. The zero-order valence-electron chi connectivity index (χ0n) is 13.3. The SMILES string of the molecule is Cc1cccc(-n2cc(C(=O)NC(CN)CC(C)C)nn2)c1. The fourth-order valence-electron chi connectivity index (χ4n) is 2.31. The Balaban J connectivity index is 2.09. The second-order valence-electron chi connectivity index (χ2n) is 5.92. The zero-order chi connectivity index (χ0) is 16.1. The van der Waals surface area contributed by atoms with Gasteiger partial charge < -0.3 is 11.1 Å². The molecule has 2 rings (SSSR count). The Morgan fingerprint density at radius 3 is 2.82 bits per heavy atom. The average Bonchev–Trinajstić information content (AvgIpc) is 2.96. The molecule has 2 aromatic rings. The van der Waals surface area contributed by atoms with Crippen LogP contribution in [0.3, 0.4) is 0 Å². The molecule has 0 aliphatic rings. The third-order valence-corrected chi connectivity index (χ3v) is 3.37. The highest BCUT2D eigenvalue weighted by molar-refractivity contribution is 5.92. The minimum absolute atomic E-state index is 0.0448. The van der Waals surface area contributed by atoms with Crippen LogP contribution in [0.2, 0.25) is 0 Å². The summed E-state index contributed by atoms with van der Waals surface area (Å²) < 4.78 is 1.60. The summed E-state index contributed by atoms with van der Waals surface area (Å²) >= 11 is 0. The topological polar surface area (TPSA) is 85.8 Å². The molecular formula is C16H23N5O. The highest BCUT2D eigenvalue weighted by Crippen LogP contribution is 2.10. The summed E-state index contributed by atoms with van der Waals surface area (Å²) in [6.07, 6.45) is 2.47. The number of nitrogens with two attached hydrogens (primary N) is 1. The van der Waals surface area contributed by atoms with Crippen LogP contribution in [0.1, 0.15) is 36.3 Å². The fourth-order valence-corrected chi connectivity index (χ4v) is 2.31. The van der Waals surface area contributed by atoms with Crippen molar-refractivity contribution in [2.75, 3.05) is 6.54 Å². The van der Waals surface area contributed by atoms with Crippen LogP contribution in [0.5, 0.6) is 0 Å². The normalized spacial score (nSPS) is 12.4. The second kappa shape index (κ2) is 7.17. The molecular weight excluding hydrogens is 278 g/mol. The molecule has 0 spiro atoms. The second-order valence-corrected chi connectivity index (χ2v) is 5.92. The predicted octanol–water partition coefficient (Wildman–Crippen LogP) is 1.68. The summed E-state index contributed by atoms with van der Waals surface area (Å²) in [5.41, 5.74) is 8.00. The Morgan fingerprint density at radius 2 is 2.18 bits per heavy atom. The first-order valence-electron chi connectivity index (χ1n) is 7.50. The number of nitrogens with zero attached hydrogens (tertiary/aromatic N) is 3. The van der Waals surface area contributed by atoms with Crippen molar-refractivity contribution < 1.29 is 4.79 Å². The van der Waals surface area contributed by atoms with Crippen LogP contribution in [0.4, 0.5) is 0 Å². The van der Waals surface area contributed by atoms with Gasteiger partial charge in [-0.3, -0.25) is 4.79 Å². The van der Waals surface area contributed by atoms with Gasteiger partial charge >= 0.3 is 0 Å². The molecule has 1 amide bonds. The molecule has 1 atom stereocenters. The van der Waals surface area contributed by atoms with E-state index in [0.29, 0.717) is 18.2 Å². The van der Waals surface area contributed by atoms with E-state index in [4.69, 9.17) is 5.73 Å². The minimum atomic E-state index is -0.241. The number of hydrogen-bond donors (Lipinski definition) is 2. The quantitative estimate of drug-likeness (QED) is 0.850. The highest BCUT2D eigenvalue weighted by Gasteiger charge is 2.16. The average molecular weight is 301 g/mol. The monoisotopic (exact) mass is 301 g/mol. The maximum absolute atomic E-state index is 12.2. The van der Waals surface area contributed by atoms with E-state index in [-0.39, 0.29) is 11.9 Å². The van der Waals surface area contributed by atoms with Gasteiger partial charge in [-0.2, -0.15) is 0 Å². The van der Waals surface area contributed by atoms with E-state index in [1.165, 1.54) is 0 Å².